The Balaban J connectivity index is 2.09. The number of thiophene rings is 1. The predicted octanol–water partition coefficient (Wildman–Crippen LogP) is 3.88. The van der Waals surface area contributed by atoms with Gasteiger partial charge < -0.3 is 10.4 Å². The molecular weight excluding hydrogens is 299 g/mol. The number of aliphatic hydroxyl groups is 1. The van der Waals surface area contributed by atoms with Crippen LogP contribution in [0.5, 0.6) is 0 Å². The number of rotatable bonds is 1. The maximum Gasteiger partial charge on any atom is 0.417 e. The van der Waals surface area contributed by atoms with Gasteiger partial charge in [0.1, 0.15) is 5.60 Å². The van der Waals surface area contributed by atoms with Crippen LogP contribution in [0.15, 0.2) is 24.3 Å². The molecule has 2 heterocycles. The summed E-state index contributed by atoms with van der Waals surface area (Å²) >= 11 is 1.26. The first-order valence-electron chi connectivity index (χ1n) is 6.86. The topological polar surface area (TPSA) is 32.3 Å². The highest BCUT2D eigenvalue weighted by Gasteiger charge is 2.38. The molecule has 0 amide bonds. The second-order valence-electron chi connectivity index (χ2n) is 5.67. The first-order valence-corrected chi connectivity index (χ1v) is 7.67. The first-order chi connectivity index (χ1) is 9.79. The van der Waals surface area contributed by atoms with Crippen molar-refractivity contribution < 1.29 is 18.3 Å². The van der Waals surface area contributed by atoms with Gasteiger partial charge in [-0.3, -0.25) is 0 Å². The van der Waals surface area contributed by atoms with E-state index in [4.69, 9.17) is 0 Å². The Hall–Kier alpha value is -1.11. The first kappa shape index (κ1) is 14.8. The van der Waals surface area contributed by atoms with Crippen molar-refractivity contribution in [2.24, 2.45) is 0 Å². The van der Waals surface area contributed by atoms with Crippen LogP contribution in [0.1, 0.15) is 30.2 Å². The second-order valence-corrected chi connectivity index (χ2v) is 6.75. The molecule has 2 atom stereocenters. The molecular formula is C15H16F3NOS. The third kappa shape index (κ3) is 2.67. The van der Waals surface area contributed by atoms with E-state index in [1.165, 1.54) is 23.5 Å². The Morgan fingerprint density at radius 1 is 1.38 bits per heavy atom. The van der Waals surface area contributed by atoms with Gasteiger partial charge in [0.05, 0.1) is 5.56 Å². The van der Waals surface area contributed by atoms with E-state index in [0.29, 0.717) is 29.0 Å². The smallest absolute Gasteiger partial charge is 0.384 e. The molecule has 0 unspecified atom stereocenters. The Morgan fingerprint density at radius 2 is 2.14 bits per heavy atom. The normalized spacial score (nSPS) is 27.2. The van der Waals surface area contributed by atoms with Crippen LogP contribution >= 0.6 is 11.3 Å². The van der Waals surface area contributed by atoms with E-state index in [0.717, 1.165) is 6.07 Å². The highest BCUT2D eigenvalue weighted by Crippen LogP contribution is 2.43. The van der Waals surface area contributed by atoms with Gasteiger partial charge in [-0.25, -0.2) is 0 Å². The van der Waals surface area contributed by atoms with E-state index in [1.807, 2.05) is 6.92 Å². The number of hydrogen-bond donors (Lipinski definition) is 2. The van der Waals surface area contributed by atoms with Crippen LogP contribution in [0.2, 0.25) is 0 Å². The SMILES string of the molecule is C[C@@H]1C[C@](O)(c2cc3c(C(F)(F)F)cccc3s2)CCN1. The summed E-state index contributed by atoms with van der Waals surface area (Å²) in [6, 6.07) is 5.85. The number of hydrogen-bond acceptors (Lipinski definition) is 3. The van der Waals surface area contributed by atoms with Gasteiger partial charge in [-0.2, -0.15) is 13.2 Å². The lowest BCUT2D eigenvalue weighted by molar-refractivity contribution is -0.136. The number of halogens is 3. The molecule has 1 aliphatic rings. The van der Waals surface area contributed by atoms with Gasteiger partial charge in [0.15, 0.2) is 0 Å². The highest BCUT2D eigenvalue weighted by atomic mass is 32.1. The van der Waals surface area contributed by atoms with Gasteiger partial charge in [-0.15, -0.1) is 11.3 Å². The molecule has 2 aromatic rings. The summed E-state index contributed by atoms with van der Waals surface area (Å²) in [6.45, 7) is 2.64. The van der Waals surface area contributed by atoms with Gasteiger partial charge >= 0.3 is 6.18 Å². The van der Waals surface area contributed by atoms with Crippen LogP contribution in [0.25, 0.3) is 10.1 Å². The minimum Gasteiger partial charge on any atom is -0.384 e. The molecule has 0 saturated carbocycles. The van der Waals surface area contributed by atoms with Crippen LogP contribution in [0.4, 0.5) is 13.2 Å². The van der Waals surface area contributed by atoms with E-state index in [-0.39, 0.29) is 11.4 Å². The van der Waals surface area contributed by atoms with Crippen molar-refractivity contribution in [1.29, 1.82) is 0 Å². The quantitative estimate of drug-likeness (QED) is 0.837. The summed E-state index contributed by atoms with van der Waals surface area (Å²) in [7, 11) is 0. The Kier molecular flexibility index (Phi) is 3.50. The van der Waals surface area contributed by atoms with Gasteiger partial charge in [0.2, 0.25) is 0 Å². The molecule has 0 radical (unpaired) electrons. The van der Waals surface area contributed by atoms with Crippen molar-refractivity contribution >= 4 is 21.4 Å². The largest absolute Gasteiger partial charge is 0.417 e. The van der Waals surface area contributed by atoms with Crippen molar-refractivity contribution in [2.75, 3.05) is 6.54 Å². The Morgan fingerprint density at radius 3 is 2.81 bits per heavy atom. The van der Waals surface area contributed by atoms with Gasteiger partial charge in [-0.1, -0.05) is 6.07 Å². The van der Waals surface area contributed by atoms with Crippen LogP contribution in [0, 0.1) is 0 Å². The summed E-state index contributed by atoms with van der Waals surface area (Å²) in [6.07, 6.45) is -3.34. The molecule has 1 aromatic carbocycles. The maximum absolute atomic E-state index is 13.1. The van der Waals surface area contributed by atoms with E-state index in [1.54, 1.807) is 6.07 Å². The van der Waals surface area contributed by atoms with E-state index in [9.17, 15) is 18.3 Å². The standard InChI is InChI=1S/C15H16F3NOS/c1-9-8-14(20,5-6-19-9)13-7-10-11(15(16,17)18)3-2-4-12(10)21-13/h2-4,7,9,19-20H,5-6,8H2,1H3/t9-,14+/m1/s1. The lowest BCUT2D eigenvalue weighted by Crippen LogP contribution is -2.44. The fourth-order valence-corrected chi connectivity index (χ4v) is 4.18. The molecule has 1 aromatic heterocycles. The second kappa shape index (κ2) is 4.97. The maximum atomic E-state index is 13.1. The third-order valence-electron chi connectivity index (χ3n) is 4.00. The van der Waals surface area contributed by atoms with E-state index < -0.39 is 17.3 Å². The highest BCUT2D eigenvalue weighted by molar-refractivity contribution is 7.19. The van der Waals surface area contributed by atoms with Crippen molar-refractivity contribution in [3.05, 3.63) is 34.7 Å². The zero-order valence-electron chi connectivity index (χ0n) is 11.5. The molecule has 1 saturated heterocycles. The van der Waals surface area contributed by atoms with Crippen LogP contribution in [-0.4, -0.2) is 17.7 Å². The van der Waals surface area contributed by atoms with E-state index >= 15 is 0 Å². The van der Waals surface area contributed by atoms with E-state index in [2.05, 4.69) is 5.32 Å². The molecule has 1 fully saturated rings. The summed E-state index contributed by atoms with van der Waals surface area (Å²) in [4.78, 5) is 0.627. The molecule has 3 rings (SSSR count). The minimum absolute atomic E-state index is 0.149. The monoisotopic (exact) mass is 315 g/mol. The minimum atomic E-state index is -4.37. The van der Waals surface area contributed by atoms with Crippen molar-refractivity contribution in [2.45, 2.75) is 37.6 Å². The zero-order chi connectivity index (χ0) is 15.3. The third-order valence-corrected chi connectivity index (χ3v) is 5.29. The number of fused-ring (bicyclic) bond motifs is 1. The fraction of sp³-hybridized carbons (Fsp3) is 0.467. The lowest BCUT2D eigenvalue weighted by Gasteiger charge is -2.35. The Bertz CT molecular complexity index is 666. The lowest BCUT2D eigenvalue weighted by atomic mass is 9.86. The summed E-state index contributed by atoms with van der Waals surface area (Å²) < 4.78 is 39.7. The molecule has 21 heavy (non-hydrogen) atoms. The number of nitrogens with one attached hydrogen (secondary N) is 1. The number of benzene rings is 1. The molecule has 0 aliphatic carbocycles. The number of alkyl halides is 3. The van der Waals surface area contributed by atoms with Crippen LogP contribution in [0.3, 0.4) is 0 Å². The Labute approximate surface area is 124 Å². The molecule has 0 bridgehead atoms. The van der Waals surface area contributed by atoms with Gasteiger partial charge in [0, 0.05) is 21.0 Å². The number of piperidine rings is 1. The predicted molar refractivity (Wildman–Crippen MR) is 77.4 cm³/mol. The van der Waals surface area contributed by atoms with Gasteiger partial charge in [-0.05, 0) is 44.5 Å². The fourth-order valence-electron chi connectivity index (χ4n) is 2.97. The van der Waals surface area contributed by atoms with Crippen LogP contribution < -0.4 is 5.32 Å². The molecule has 2 nitrogen and oxygen atoms in total. The summed E-state index contributed by atoms with van der Waals surface area (Å²) in [5.41, 5.74) is -1.66. The molecule has 0 spiro atoms. The molecule has 6 heteroatoms. The summed E-state index contributed by atoms with van der Waals surface area (Å²) in [5, 5.41) is 14.2. The van der Waals surface area contributed by atoms with Crippen molar-refractivity contribution in [1.82, 2.24) is 5.32 Å². The van der Waals surface area contributed by atoms with Crippen LogP contribution in [-0.2, 0) is 11.8 Å². The average molecular weight is 315 g/mol. The molecule has 1 aliphatic heterocycles. The average Bonchev–Trinajstić information content (AvgIpc) is 2.81. The zero-order valence-corrected chi connectivity index (χ0v) is 12.3. The molecule has 114 valence electrons. The molecule has 2 N–H and O–H groups in total. The van der Waals surface area contributed by atoms with Gasteiger partial charge in [0.25, 0.3) is 0 Å². The van der Waals surface area contributed by atoms with Crippen molar-refractivity contribution in [3.8, 4) is 0 Å². The summed E-state index contributed by atoms with van der Waals surface area (Å²) in [5.74, 6) is 0. The van der Waals surface area contributed by atoms with Crippen molar-refractivity contribution in [3.63, 3.8) is 0 Å².